The summed E-state index contributed by atoms with van der Waals surface area (Å²) in [6, 6.07) is -0.294. The van der Waals surface area contributed by atoms with Gasteiger partial charge in [0.25, 0.3) is 0 Å². The lowest BCUT2D eigenvalue weighted by Gasteiger charge is -2.22. The second kappa shape index (κ2) is 9.57. The number of hydrogen-bond acceptors (Lipinski definition) is 4. The lowest BCUT2D eigenvalue weighted by molar-refractivity contribution is -0.137. The van der Waals surface area contributed by atoms with E-state index in [9.17, 15) is 14.7 Å². The first-order valence-corrected chi connectivity index (χ1v) is 6.24. The quantitative estimate of drug-likeness (QED) is 0.556. The Hall–Kier alpha value is -1.34. The lowest BCUT2D eigenvalue weighted by atomic mass is 10.1. The number of methoxy groups -OCH3 is 1. The highest BCUT2D eigenvalue weighted by Crippen LogP contribution is 2.04. The summed E-state index contributed by atoms with van der Waals surface area (Å²) in [5.41, 5.74) is 0. The third-order valence-electron chi connectivity index (χ3n) is 2.64. The minimum atomic E-state index is -0.835. The number of amides is 2. The van der Waals surface area contributed by atoms with Crippen LogP contribution in [0.3, 0.4) is 0 Å². The molecule has 0 radical (unpaired) electrons. The van der Waals surface area contributed by atoms with Gasteiger partial charge in [-0.1, -0.05) is 6.92 Å². The van der Waals surface area contributed by atoms with Gasteiger partial charge in [-0.25, -0.2) is 4.79 Å². The van der Waals surface area contributed by atoms with Crippen LogP contribution in [0.1, 0.15) is 19.8 Å². The molecule has 112 valence electrons. The topological polar surface area (TPSA) is 99.1 Å². The summed E-state index contributed by atoms with van der Waals surface area (Å²) in [6.07, 6.45) is -0.101. The normalized spacial score (nSPS) is 13.7. The van der Waals surface area contributed by atoms with Gasteiger partial charge in [0.2, 0.25) is 0 Å². The van der Waals surface area contributed by atoms with E-state index in [0.717, 1.165) is 0 Å². The van der Waals surface area contributed by atoms with Gasteiger partial charge < -0.3 is 25.2 Å². The van der Waals surface area contributed by atoms with E-state index in [1.165, 1.54) is 12.0 Å². The number of rotatable bonds is 9. The van der Waals surface area contributed by atoms with Gasteiger partial charge in [-0.05, 0) is 12.3 Å². The third kappa shape index (κ3) is 9.26. The molecule has 0 bridgehead atoms. The number of ether oxygens (including phenoxy) is 1. The Morgan fingerprint density at radius 1 is 1.42 bits per heavy atom. The van der Waals surface area contributed by atoms with E-state index in [1.54, 1.807) is 7.05 Å². The highest BCUT2D eigenvalue weighted by molar-refractivity contribution is 5.73. The Kier molecular flexibility index (Phi) is 8.90. The Labute approximate surface area is 113 Å². The highest BCUT2D eigenvalue weighted by Gasteiger charge is 2.14. The molecule has 0 saturated carbocycles. The van der Waals surface area contributed by atoms with Crippen molar-refractivity contribution in [2.45, 2.75) is 25.9 Å². The molecule has 0 aromatic heterocycles. The van der Waals surface area contributed by atoms with Crippen molar-refractivity contribution in [3.8, 4) is 0 Å². The number of hydrogen-bond donors (Lipinski definition) is 3. The molecule has 0 rings (SSSR count). The molecule has 0 aromatic carbocycles. The van der Waals surface area contributed by atoms with Crippen molar-refractivity contribution < 1.29 is 24.5 Å². The van der Waals surface area contributed by atoms with E-state index in [-0.39, 0.29) is 31.5 Å². The summed E-state index contributed by atoms with van der Waals surface area (Å²) < 4.78 is 4.77. The van der Waals surface area contributed by atoms with E-state index < -0.39 is 12.1 Å². The molecule has 7 nitrogen and oxygen atoms in total. The second-order valence-electron chi connectivity index (χ2n) is 4.71. The van der Waals surface area contributed by atoms with E-state index in [0.29, 0.717) is 13.0 Å². The van der Waals surface area contributed by atoms with Crippen LogP contribution >= 0.6 is 0 Å². The molecule has 0 fully saturated rings. The van der Waals surface area contributed by atoms with Crippen molar-refractivity contribution in [3.05, 3.63) is 0 Å². The van der Waals surface area contributed by atoms with Crippen LogP contribution in [-0.4, -0.2) is 67.1 Å². The van der Waals surface area contributed by atoms with Crippen LogP contribution in [0, 0.1) is 5.92 Å². The molecular weight excluding hydrogens is 252 g/mol. The summed E-state index contributed by atoms with van der Waals surface area (Å²) in [5, 5.41) is 20.7. The number of aliphatic hydroxyl groups is 1. The van der Waals surface area contributed by atoms with Gasteiger partial charge in [-0.3, -0.25) is 4.79 Å². The van der Waals surface area contributed by atoms with E-state index in [1.807, 2.05) is 6.92 Å². The van der Waals surface area contributed by atoms with Crippen LogP contribution in [0.5, 0.6) is 0 Å². The molecule has 19 heavy (non-hydrogen) atoms. The Balaban J connectivity index is 3.86. The van der Waals surface area contributed by atoms with Gasteiger partial charge in [-0.15, -0.1) is 0 Å². The Morgan fingerprint density at radius 2 is 2.05 bits per heavy atom. The molecule has 0 aliphatic heterocycles. The lowest BCUT2D eigenvalue weighted by Crippen LogP contribution is -2.43. The molecule has 0 aliphatic carbocycles. The predicted octanol–water partition coefficient (Wildman–Crippen LogP) is 0.136. The molecule has 3 N–H and O–H groups in total. The molecule has 0 saturated heterocycles. The van der Waals surface area contributed by atoms with Crippen LogP contribution in [-0.2, 0) is 9.53 Å². The molecule has 0 aromatic rings. The molecule has 0 heterocycles. The largest absolute Gasteiger partial charge is 0.481 e. The van der Waals surface area contributed by atoms with Crippen LogP contribution in [0.25, 0.3) is 0 Å². The molecule has 2 unspecified atom stereocenters. The van der Waals surface area contributed by atoms with E-state index >= 15 is 0 Å². The van der Waals surface area contributed by atoms with Crippen LogP contribution in [0.2, 0.25) is 0 Å². The number of urea groups is 1. The van der Waals surface area contributed by atoms with Crippen molar-refractivity contribution in [3.63, 3.8) is 0 Å². The summed E-state index contributed by atoms with van der Waals surface area (Å²) in [4.78, 5) is 23.4. The summed E-state index contributed by atoms with van der Waals surface area (Å²) >= 11 is 0. The average molecular weight is 276 g/mol. The van der Waals surface area contributed by atoms with Crippen molar-refractivity contribution in [1.29, 1.82) is 0 Å². The fourth-order valence-corrected chi connectivity index (χ4v) is 1.51. The standard InChI is InChI=1S/C12H24N2O5/c1-9(4-5-11(16)17)6-13-12(18)14(2)7-10(15)8-19-3/h9-10,15H,4-8H2,1-3H3,(H,13,18)(H,16,17). The highest BCUT2D eigenvalue weighted by atomic mass is 16.5. The minimum Gasteiger partial charge on any atom is -0.481 e. The Morgan fingerprint density at radius 3 is 2.58 bits per heavy atom. The first-order valence-electron chi connectivity index (χ1n) is 6.24. The molecule has 7 heteroatoms. The second-order valence-corrected chi connectivity index (χ2v) is 4.71. The molecular formula is C12H24N2O5. The minimum absolute atomic E-state index is 0.0948. The first kappa shape index (κ1) is 17.7. The van der Waals surface area contributed by atoms with Crippen molar-refractivity contribution in [1.82, 2.24) is 10.2 Å². The third-order valence-corrected chi connectivity index (χ3v) is 2.64. The van der Waals surface area contributed by atoms with Crippen molar-refractivity contribution in [2.24, 2.45) is 5.92 Å². The number of carbonyl (C=O) groups excluding carboxylic acids is 1. The van der Waals surface area contributed by atoms with Gasteiger partial charge in [0.05, 0.1) is 19.3 Å². The zero-order valence-electron chi connectivity index (χ0n) is 11.8. The Bertz CT molecular complexity index is 285. The molecule has 0 spiro atoms. The van der Waals surface area contributed by atoms with E-state index in [2.05, 4.69) is 5.32 Å². The number of aliphatic carboxylic acids is 1. The van der Waals surface area contributed by atoms with Gasteiger partial charge >= 0.3 is 12.0 Å². The van der Waals surface area contributed by atoms with Crippen molar-refractivity contribution >= 4 is 12.0 Å². The number of carboxylic acids is 1. The fraction of sp³-hybridized carbons (Fsp3) is 0.833. The fourth-order valence-electron chi connectivity index (χ4n) is 1.51. The van der Waals surface area contributed by atoms with Gasteiger partial charge in [0.1, 0.15) is 0 Å². The first-order chi connectivity index (χ1) is 8.86. The van der Waals surface area contributed by atoms with Crippen molar-refractivity contribution in [2.75, 3.05) is 33.9 Å². The summed E-state index contributed by atoms with van der Waals surface area (Å²) in [7, 11) is 3.06. The smallest absolute Gasteiger partial charge is 0.317 e. The number of nitrogens with one attached hydrogen (secondary N) is 1. The van der Waals surface area contributed by atoms with Crippen LogP contribution in [0.15, 0.2) is 0 Å². The SMILES string of the molecule is COCC(O)CN(C)C(=O)NCC(C)CCC(=O)O. The molecule has 2 amide bonds. The maximum atomic E-state index is 11.7. The number of carboxylic acid groups (broad SMARTS) is 1. The van der Waals surface area contributed by atoms with Crippen LogP contribution in [0.4, 0.5) is 4.79 Å². The zero-order chi connectivity index (χ0) is 14.8. The number of nitrogens with zero attached hydrogens (tertiary/aromatic N) is 1. The van der Waals surface area contributed by atoms with E-state index in [4.69, 9.17) is 9.84 Å². The maximum absolute atomic E-state index is 11.7. The van der Waals surface area contributed by atoms with Gasteiger partial charge in [0.15, 0.2) is 0 Å². The number of likely N-dealkylation sites (N-methyl/N-ethyl adjacent to an activating group) is 1. The number of carbonyl (C=O) groups is 2. The average Bonchev–Trinajstić information content (AvgIpc) is 2.33. The molecule has 0 aliphatic rings. The molecule has 2 atom stereocenters. The van der Waals surface area contributed by atoms with Crippen LogP contribution < -0.4 is 5.32 Å². The van der Waals surface area contributed by atoms with Gasteiger partial charge in [-0.2, -0.15) is 0 Å². The van der Waals surface area contributed by atoms with Gasteiger partial charge in [0, 0.05) is 27.1 Å². The maximum Gasteiger partial charge on any atom is 0.317 e. The summed E-state index contributed by atoms with van der Waals surface area (Å²) in [5.74, 6) is -0.740. The summed E-state index contributed by atoms with van der Waals surface area (Å²) in [6.45, 7) is 2.65. The predicted molar refractivity (Wildman–Crippen MR) is 69.9 cm³/mol. The zero-order valence-corrected chi connectivity index (χ0v) is 11.8. The number of aliphatic hydroxyl groups excluding tert-OH is 1. The monoisotopic (exact) mass is 276 g/mol.